The normalized spacial score (nSPS) is 10.9. The second-order valence-electron chi connectivity index (χ2n) is 3.19. The van der Waals surface area contributed by atoms with Crippen LogP contribution in [-0.4, -0.2) is 25.1 Å². The average molecular weight is 248 g/mol. The lowest BCUT2D eigenvalue weighted by atomic mass is 10.5. The van der Waals surface area contributed by atoms with Gasteiger partial charge in [0.25, 0.3) is 5.89 Å². The minimum absolute atomic E-state index is 0.368. The molecule has 3 N–H and O–H groups in total. The van der Waals surface area contributed by atoms with Crippen LogP contribution >= 0.6 is 11.3 Å². The van der Waals surface area contributed by atoms with Gasteiger partial charge in [-0.1, -0.05) is 5.16 Å². The number of aromatic amines is 1. The van der Waals surface area contributed by atoms with Gasteiger partial charge in [-0.05, 0) is 0 Å². The van der Waals surface area contributed by atoms with Crippen molar-refractivity contribution in [1.82, 2.24) is 25.1 Å². The molecule has 3 heterocycles. The van der Waals surface area contributed by atoms with Gasteiger partial charge < -0.3 is 15.2 Å². The van der Waals surface area contributed by atoms with Gasteiger partial charge in [0.15, 0.2) is 5.82 Å². The molecule has 0 saturated carbocycles. The Bertz CT molecular complexity index is 613. The molecule has 0 unspecified atom stereocenters. The van der Waals surface area contributed by atoms with Crippen molar-refractivity contribution in [2.75, 3.05) is 0 Å². The fraction of sp³-hybridized carbons (Fsp3) is 0.111. The smallest absolute Gasteiger partial charge is 0.277 e. The molecule has 0 spiro atoms. The van der Waals surface area contributed by atoms with Crippen LogP contribution in [0.3, 0.4) is 0 Å². The Balaban J connectivity index is 1.94. The van der Waals surface area contributed by atoms with E-state index in [-0.39, 0.29) is 0 Å². The Kier molecular flexibility index (Phi) is 2.42. The van der Waals surface area contributed by atoms with Gasteiger partial charge in [-0.25, -0.2) is 9.97 Å². The molecule has 0 aliphatic rings. The molecule has 3 rings (SSSR count). The van der Waals surface area contributed by atoms with Gasteiger partial charge in [0.2, 0.25) is 5.82 Å². The summed E-state index contributed by atoms with van der Waals surface area (Å²) < 4.78 is 5.11. The molecule has 0 amide bonds. The molecule has 0 radical (unpaired) electrons. The van der Waals surface area contributed by atoms with Crippen molar-refractivity contribution in [1.29, 1.82) is 0 Å². The lowest BCUT2D eigenvalue weighted by Crippen LogP contribution is -1.94. The highest BCUT2D eigenvalue weighted by Crippen LogP contribution is 2.21. The lowest BCUT2D eigenvalue weighted by Gasteiger charge is -1.85. The van der Waals surface area contributed by atoms with E-state index < -0.39 is 0 Å². The van der Waals surface area contributed by atoms with Crippen LogP contribution in [0.15, 0.2) is 22.3 Å². The Hall–Kier alpha value is -2.06. The molecule has 8 heteroatoms. The van der Waals surface area contributed by atoms with Crippen molar-refractivity contribution in [3.8, 4) is 23.2 Å². The highest BCUT2D eigenvalue weighted by molar-refractivity contribution is 7.09. The Morgan fingerprint density at radius 2 is 2.35 bits per heavy atom. The van der Waals surface area contributed by atoms with E-state index >= 15 is 0 Å². The average Bonchev–Trinajstić information content (AvgIpc) is 3.09. The van der Waals surface area contributed by atoms with E-state index in [1.807, 2.05) is 5.38 Å². The van der Waals surface area contributed by atoms with Crippen molar-refractivity contribution in [3.05, 3.63) is 22.8 Å². The van der Waals surface area contributed by atoms with Crippen LogP contribution in [0.1, 0.15) is 5.01 Å². The number of nitrogens with zero attached hydrogens (tertiary/aromatic N) is 4. The first-order chi connectivity index (χ1) is 8.36. The standard InChI is InChI=1S/C9H8N6OS/c10-3-6-13-5(4-17-6)9-14-8(15-16-9)7-11-1-2-12-7/h1-2,4H,3,10H2,(H,11,12). The minimum Gasteiger partial charge on any atom is -0.342 e. The maximum absolute atomic E-state index is 5.49. The van der Waals surface area contributed by atoms with Crippen LogP contribution < -0.4 is 5.73 Å². The van der Waals surface area contributed by atoms with E-state index in [1.54, 1.807) is 12.4 Å². The summed E-state index contributed by atoms with van der Waals surface area (Å²) in [6.07, 6.45) is 3.32. The quantitative estimate of drug-likeness (QED) is 0.717. The molecule has 7 nitrogen and oxygen atoms in total. The number of nitrogens with one attached hydrogen (secondary N) is 1. The van der Waals surface area contributed by atoms with Crippen LogP contribution in [0.4, 0.5) is 0 Å². The van der Waals surface area contributed by atoms with E-state index in [0.29, 0.717) is 29.8 Å². The number of hydrogen-bond donors (Lipinski definition) is 2. The van der Waals surface area contributed by atoms with Crippen molar-refractivity contribution in [3.63, 3.8) is 0 Å². The molecule has 86 valence electrons. The molecule has 17 heavy (non-hydrogen) atoms. The number of nitrogens with two attached hydrogens (primary N) is 1. The van der Waals surface area contributed by atoms with Crippen molar-refractivity contribution in [2.45, 2.75) is 6.54 Å². The highest BCUT2D eigenvalue weighted by Gasteiger charge is 2.14. The largest absolute Gasteiger partial charge is 0.342 e. The number of thiazole rings is 1. The highest BCUT2D eigenvalue weighted by atomic mass is 32.1. The number of aromatic nitrogens is 5. The Morgan fingerprint density at radius 3 is 3.06 bits per heavy atom. The lowest BCUT2D eigenvalue weighted by molar-refractivity contribution is 0.430. The van der Waals surface area contributed by atoms with Gasteiger partial charge in [-0.2, -0.15) is 4.98 Å². The number of hydrogen-bond acceptors (Lipinski definition) is 7. The number of rotatable bonds is 3. The van der Waals surface area contributed by atoms with Gasteiger partial charge in [-0.15, -0.1) is 11.3 Å². The predicted molar refractivity (Wildman–Crippen MR) is 60.9 cm³/mol. The SMILES string of the molecule is NCc1nc(-c2nc(-c3ncc[nH]3)no2)cs1. The van der Waals surface area contributed by atoms with Crippen molar-refractivity contribution in [2.24, 2.45) is 5.73 Å². The van der Waals surface area contributed by atoms with E-state index in [0.717, 1.165) is 5.01 Å². The summed E-state index contributed by atoms with van der Waals surface area (Å²) in [5.74, 6) is 1.34. The summed E-state index contributed by atoms with van der Waals surface area (Å²) in [4.78, 5) is 15.4. The predicted octanol–water partition coefficient (Wildman–Crippen LogP) is 1.04. The third-order valence-corrected chi connectivity index (χ3v) is 2.95. The maximum atomic E-state index is 5.49. The minimum atomic E-state index is 0.368. The zero-order valence-electron chi connectivity index (χ0n) is 8.62. The van der Waals surface area contributed by atoms with E-state index in [9.17, 15) is 0 Å². The summed E-state index contributed by atoms with van der Waals surface area (Å²) in [6.45, 7) is 0.407. The maximum Gasteiger partial charge on any atom is 0.277 e. The van der Waals surface area contributed by atoms with Crippen LogP contribution in [0.25, 0.3) is 23.2 Å². The Labute approximate surface area is 99.7 Å². The van der Waals surface area contributed by atoms with Gasteiger partial charge >= 0.3 is 0 Å². The Morgan fingerprint density at radius 1 is 1.41 bits per heavy atom. The zero-order chi connectivity index (χ0) is 11.7. The molecule has 0 atom stereocenters. The first kappa shape index (κ1) is 10.1. The van der Waals surface area contributed by atoms with Crippen LogP contribution in [-0.2, 0) is 6.54 Å². The number of H-pyrrole nitrogens is 1. The summed E-state index contributed by atoms with van der Waals surface area (Å²) in [5.41, 5.74) is 6.13. The molecule has 0 saturated heterocycles. The molecule has 3 aromatic heterocycles. The molecule has 0 fully saturated rings. The van der Waals surface area contributed by atoms with E-state index in [1.165, 1.54) is 11.3 Å². The summed E-state index contributed by atoms with van der Waals surface area (Å²) in [7, 11) is 0. The molecular formula is C9H8N6OS. The van der Waals surface area contributed by atoms with Gasteiger partial charge in [-0.3, -0.25) is 0 Å². The van der Waals surface area contributed by atoms with Crippen molar-refractivity contribution < 1.29 is 4.52 Å². The summed E-state index contributed by atoms with van der Waals surface area (Å²) in [5, 5.41) is 6.49. The second-order valence-corrected chi connectivity index (χ2v) is 4.13. The second kappa shape index (κ2) is 4.07. The first-order valence-corrected chi connectivity index (χ1v) is 5.73. The monoisotopic (exact) mass is 248 g/mol. The fourth-order valence-corrected chi connectivity index (χ4v) is 1.96. The molecule has 0 aromatic carbocycles. The first-order valence-electron chi connectivity index (χ1n) is 4.85. The summed E-state index contributed by atoms with van der Waals surface area (Å²) >= 11 is 1.46. The topological polar surface area (TPSA) is 107 Å². The number of imidazole rings is 1. The fourth-order valence-electron chi connectivity index (χ4n) is 1.31. The van der Waals surface area contributed by atoms with Crippen LogP contribution in [0.2, 0.25) is 0 Å². The van der Waals surface area contributed by atoms with Gasteiger partial charge in [0.1, 0.15) is 10.7 Å². The van der Waals surface area contributed by atoms with Crippen LogP contribution in [0.5, 0.6) is 0 Å². The van der Waals surface area contributed by atoms with Gasteiger partial charge in [0, 0.05) is 24.3 Å². The van der Waals surface area contributed by atoms with Gasteiger partial charge in [0.05, 0.1) is 0 Å². The van der Waals surface area contributed by atoms with Crippen LogP contribution in [0, 0.1) is 0 Å². The summed E-state index contributed by atoms with van der Waals surface area (Å²) in [6, 6.07) is 0. The molecule has 0 bridgehead atoms. The molecule has 3 aromatic rings. The van der Waals surface area contributed by atoms with E-state index in [2.05, 4.69) is 25.1 Å². The van der Waals surface area contributed by atoms with Crippen molar-refractivity contribution >= 4 is 11.3 Å². The molecule has 0 aliphatic carbocycles. The zero-order valence-corrected chi connectivity index (χ0v) is 9.44. The third kappa shape index (κ3) is 1.83. The molecular weight excluding hydrogens is 240 g/mol. The van der Waals surface area contributed by atoms with E-state index in [4.69, 9.17) is 10.3 Å². The molecule has 0 aliphatic heterocycles. The third-order valence-electron chi connectivity index (χ3n) is 2.08.